The second kappa shape index (κ2) is 7.52. The number of piperidine rings is 1. The Balaban J connectivity index is 1.60. The Morgan fingerprint density at radius 3 is 2.48 bits per heavy atom. The SMILES string of the molecule is CN1C(=CC(=O)c2cc(N3CCCCC3)nc3ccccc23)C(C)(C)c2ccccc21. The first kappa shape index (κ1) is 19.8. The van der Waals surface area contributed by atoms with Crippen molar-refractivity contribution in [1.29, 1.82) is 0 Å². The number of anilines is 2. The second-order valence-corrected chi connectivity index (χ2v) is 9.19. The van der Waals surface area contributed by atoms with E-state index in [1.54, 1.807) is 0 Å². The van der Waals surface area contributed by atoms with E-state index >= 15 is 0 Å². The third-order valence-electron chi connectivity index (χ3n) is 6.86. The number of para-hydroxylation sites is 2. The number of hydrogen-bond donors (Lipinski definition) is 0. The fourth-order valence-corrected chi connectivity index (χ4v) is 5.11. The molecule has 1 fully saturated rings. The molecule has 4 nitrogen and oxygen atoms in total. The highest BCUT2D eigenvalue weighted by Gasteiger charge is 2.38. The number of allylic oxidation sites excluding steroid dienone is 2. The monoisotopic (exact) mass is 411 g/mol. The van der Waals surface area contributed by atoms with Gasteiger partial charge in [0.25, 0.3) is 0 Å². The third-order valence-corrected chi connectivity index (χ3v) is 6.86. The number of carbonyl (C=O) groups is 1. The number of benzene rings is 2. The van der Waals surface area contributed by atoms with Crippen LogP contribution in [0.2, 0.25) is 0 Å². The highest BCUT2D eigenvalue weighted by Crippen LogP contribution is 2.46. The van der Waals surface area contributed by atoms with Gasteiger partial charge in [-0.25, -0.2) is 4.98 Å². The van der Waals surface area contributed by atoms with Gasteiger partial charge in [-0.3, -0.25) is 4.79 Å². The van der Waals surface area contributed by atoms with Crippen LogP contribution in [0.4, 0.5) is 11.5 Å². The van der Waals surface area contributed by atoms with Gasteiger partial charge in [-0.05, 0) is 43.0 Å². The van der Waals surface area contributed by atoms with E-state index in [2.05, 4.69) is 55.0 Å². The molecule has 0 spiro atoms. The Morgan fingerprint density at radius 1 is 1.00 bits per heavy atom. The molecule has 2 aliphatic rings. The number of likely N-dealkylation sites (N-methyl/N-ethyl adjacent to an activating group) is 1. The van der Waals surface area contributed by atoms with Gasteiger partial charge in [-0.15, -0.1) is 0 Å². The molecule has 2 aliphatic heterocycles. The van der Waals surface area contributed by atoms with Crippen LogP contribution in [-0.4, -0.2) is 30.9 Å². The molecule has 1 aromatic heterocycles. The minimum absolute atomic E-state index is 0.0413. The average molecular weight is 412 g/mol. The van der Waals surface area contributed by atoms with Gasteiger partial charge in [-0.2, -0.15) is 0 Å². The van der Waals surface area contributed by atoms with Crippen molar-refractivity contribution in [3.63, 3.8) is 0 Å². The first-order valence-corrected chi connectivity index (χ1v) is 11.2. The Labute approximate surface area is 184 Å². The van der Waals surface area contributed by atoms with Gasteiger partial charge in [-0.1, -0.05) is 50.2 Å². The Kier molecular flexibility index (Phi) is 4.81. The fraction of sp³-hybridized carbons (Fsp3) is 0.333. The van der Waals surface area contributed by atoms with E-state index < -0.39 is 0 Å². The van der Waals surface area contributed by atoms with Crippen molar-refractivity contribution in [2.24, 2.45) is 0 Å². The zero-order valence-corrected chi connectivity index (χ0v) is 18.6. The molecule has 3 aromatic rings. The van der Waals surface area contributed by atoms with Crippen LogP contribution in [0.3, 0.4) is 0 Å². The molecule has 0 radical (unpaired) electrons. The number of nitrogens with zero attached hydrogens (tertiary/aromatic N) is 3. The number of carbonyl (C=O) groups excluding carboxylic acids is 1. The molecule has 0 saturated carbocycles. The maximum absolute atomic E-state index is 13.7. The predicted octanol–water partition coefficient (Wildman–Crippen LogP) is 5.72. The summed E-state index contributed by atoms with van der Waals surface area (Å²) in [6.45, 7) is 6.40. The van der Waals surface area contributed by atoms with E-state index in [0.717, 1.165) is 41.1 Å². The van der Waals surface area contributed by atoms with Crippen LogP contribution in [0.15, 0.2) is 66.4 Å². The molecule has 31 heavy (non-hydrogen) atoms. The normalized spacial score (nSPS) is 19.1. The zero-order chi connectivity index (χ0) is 21.6. The van der Waals surface area contributed by atoms with E-state index in [1.807, 2.05) is 36.4 Å². The Hall–Kier alpha value is -3.14. The van der Waals surface area contributed by atoms with E-state index in [9.17, 15) is 4.79 Å². The van der Waals surface area contributed by atoms with Gasteiger partial charge in [0.05, 0.1) is 5.52 Å². The minimum atomic E-state index is -0.223. The lowest BCUT2D eigenvalue weighted by molar-refractivity contribution is 0.104. The number of aromatic nitrogens is 1. The standard InChI is InChI=1S/C27H29N3O/c1-27(2)21-12-6-8-14-23(21)29(3)25(27)18-24(31)20-17-26(30-15-9-4-10-16-30)28-22-13-7-5-11-19(20)22/h5-8,11-14,17-18H,4,9-10,15-16H2,1-3H3. The van der Waals surface area contributed by atoms with Crippen molar-refractivity contribution >= 4 is 28.2 Å². The van der Waals surface area contributed by atoms with Crippen LogP contribution in [0.5, 0.6) is 0 Å². The first-order chi connectivity index (χ1) is 15.0. The van der Waals surface area contributed by atoms with Gasteiger partial charge >= 0.3 is 0 Å². The summed E-state index contributed by atoms with van der Waals surface area (Å²) in [5.74, 6) is 0.960. The number of ketones is 1. The van der Waals surface area contributed by atoms with Crippen LogP contribution in [0.1, 0.15) is 49.0 Å². The maximum atomic E-state index is 13.7. The smallest absolute Gasteiger partial charge is 0.188 e. The molecule has 0 aliphatic carbocycles. The van der Waals surface area contributed by atoms with Crippen LogP contribution >= 0.6 is 0 Å². The van der Waals surface area contributed by atoms with Crippen LogP contribution in [0.25, 0.3) is 10.9 Å². The number of pyridine rings is 1. The summed E-state index contributed by atoms with van der Waals surface area (Å²) in [6.07, 6.45) is 5.46. The topological polar surface area (TPSA) is 36.4 Å². The van der Waals surface area contributed by atoms with Gasteiger partial charge in [0.1, 0.15) is 5.82 Å². The van der Waals surface area contributed by atoms with E-state index in [0.29, 0.717) is 0 Å². The molecule has 5 rings (SSSR count). The van der Waals surface area contributed by atoms with Gasteiger partial charge < -0.3 is 9.80 Å². The third kappa shape index (κ3) is 3.31. The number of rotatable bonds is 3. The maximum Gasteiger partial charge on any atom is 0.188 e. The average Bonchev–Trinajstić information content (AvgIpc) is 2.99. The molecular weight excluding hydrogens is 382 g/mol. The van der Waals surface area contributed by atoms with Gasteiger partial charge in [0, 0.05) is 54.0 Å². The molecule has 1 saturated heterocycles. The van der Waals surface area contributed by atoms with E-state index in [1.165, 1.54) is 30.5 Å². The van der Waals surface area contributed by atoms with Gasteiger partial charge in [0.15, 0.2) is 5.78 Å². The second-order valence-electron chi connectivity index (χ2n) is 9.19. The summed E-state index contributed by atoms with van der Waals surface area (Å²) in [4.78, 5) is 23.1. The van der Waals surface area contributed by atoms with Crippen molar-refractivity contribution in [3.05, 3.63) is 77.5 Å². The van der Waals surface area contributed by atoms with E-state index in [-0.39, 0.29) is 11.2 Å². The summed E-state index contributed by atoms with van der Waals surface area (Å²) in [7, 11) is 2.05. The number of hydrogen-bond acceptors (Lipinski definition) is 4. The highest BCUT2D eigenvalue weighted by atomic mass is 16.1. The van der Waals surface area contributed by atoms with Crippen molar-refractivity contribution in [2.75, 3.05) is 29.9 Å². The summed E-state index contributed by atoms with van der Waals surface area (Å²) in [6, 6.07) is 18.4. The minimum Gasteiger partial charge on any atom is -0.357 e. The van der Waals surface area contributed by atoms with Crippen molar-refractivity contribution < 1.29 is 4.79 Å². The van der Waals surface area contributed by atoms with Crippen molar-refractivity contribution in [3.8, 4) is 0 Å². The molecule has 158 valence electrons. The lowest BCUT2D eigenvalue weighted by atomic mass is 9.83. The molecule has 0 N–H and O–H groups in total. The largest absolute Gasteiger partial charge is 0.357 e. The molecule has 4 heteroatoms. The predicted molar refractivity (Wildman–Crippen MR) is 128 cm³/mol. The summed E-state index contributed by atoms with van der Waals surface area (Å²) < 4.78 is 0. The zero-order valence-electron chi connectivity index (χ0n) is 18.6. The Bertz CT molecular complexity index is 1190. The molecule has 0 bridgehead atoms. The summed E-state index contributed by atoms with van der Waals surface area (Å²) >= 11 is 0. The molecule has 0 unspecified atom stereocenters. The van der Waals surface area contributed by atoms with Crippen LogP contribution < -0.4 is 9.80 Å². The Morgan fingerprint density at radius 2 is 1.71 bits per heavy atom. The molecule has 0 atom stereocenters. The quantitative estimate of drug-likeness (QED) is 0.408. The molecular formula is C27H29N3O. The summed E-state index contributed by atoms with van der Waals surface area (Å²) in [5.41, 5.74) is 4.84. The van der Waals surface area contributed by atoms with Crippen LogP contribution in [0, 0.1) is 0 Å². The van der Waals surface area contributed by atoms with Gasteiger partial charge in [0.2, 0.25) is 0 Å². The van der Waals surface area contributed by atoms with Crippen molar-refractivity contribution in [2.45, 2.75) is 38.5 Å². The highest BCUT2D eigenvalue weighted by molar-refractivity contribution is 6.14. The lowest BCUT2D eigenvalue weighted by Crippen LogP contribution is -2.30. The molecule has 3 heterocycles. The fourth-order valence-electron chi connectivity index (χ4n) is 5.11. The van der Waals surface area contributed by atoms with Crippen LogP contribution in [-0.2, 0) is 5.41 Å². The molecule has 2 aromatic carbocycles. The number of fused-ring (bicyclic) bond motifs is 2. The van der Waals surface area contributed by atoms with E-state index in [4.69, 9.17) is 4.98 Å². The molecule has 0 amide bonds. The lowest BCUT2D eigenvalue weighted by Gasteiger charge is -2.28. The summed E-state index contributed by atoms with van der Waals surface area (Å²) in [5, 5.41) is 0.918. The first-order valence-electron chi connectivity index (χ1n) is 11.2. The van der Waals surface area contributed by atoms with Crippen molar-refractivity contribution in [1.82, 2.24) is 4.98 Å².